The number of carbonyl (C=O) groups excluding carboxylic acids is 2. The van der Waals surface area contributed by atoms with Crippen LogP contribution < -0.4 is 15.5 Å². The zero-order valence-corrected chi connectivity index (χ0v) is 21.8. The topological polar surface area (TPSA) is 123 Å². The first-order valence-corrected chi connectivity index (χ1v) is 12.5. The number of rotatable bonds is 13. The summed E-state index contributed by atoms with van der Waals surface area (Å²) in [6, 6.07) is 15.5. The molecule has 0 aliphatic heterocycles. The lowest BCUT2D eigenvalue weighted by atomic mass is 10.1. The van der Waals surface area contributed by atoms with Gasteiger partial charge < -0.3 is 19.9 Å². The normalized spacial score (nSPS) is 12.8. The number of hydroxylamine groups is 1. The van der Waals surface area contributed by atoms with Crippen LogP contribution in [0.2, 0.25) is 0 Å². The van der Waals surface area contributed by atoms with Crippen molar-refractivity contribution >= 4 is 29.7 Å². The fourth-order valence-electron chi connectivity index (χ4n) is 3.03. The van der Waals surface area contributed by atoms with Gasteiger partial charge in [0.05, 0.1) is 18.8 Å². The molecule has 36 heavy (non-hydrogen) atoms. The molecule has 196 valence electrons. The number of thioether (sulfide) groups is 1. The molecule has 2 rings (SSSR count). The number of carboxylic acids is 1. The summed E-state index contributed by atoms with van der Waals surface area (Å²) in [6.45, 7) is 5.40. The van der Waals surface area contributed by atoms with Gasteiger partial charge in [0.15, 0.2) is 0 Å². The van der Waals surface area contributed by atoms with Crippen molar-refractivity contribution in [2.45, 2.75) is 62.9 Å². The van der Waals surface area contributed by atoms with E-state index in [2.05, 4.69) is 10.8 Å². The van der Waals surface area contributed by atoms with E-state index in [-0.39, 0.29) is 19.4 Å². The number of methoxy groups -OCH3 is 1. The van der Waals surface area contributed by atoms with Gasteiger partial charge in [-0.3, -0.25) is 14.4 Å². The number of hydrogen-bond donors (Lipinski definition) is 3. The maximum Gasteiger partial charge on any atom is 0.407 e. The van der Waals surface area contributed by atoms with Gasteiger partial charge in [-0.2, -0.15) is 0 Å². The van der Waals surface area contributed by atoms with Crippen LogP contribution in [0.1, 0.15) is 44.7 Å². The Morgan fingerprint density at radius 2 is 1.67 bits per heavy atom. The van der Waals surface area contributed by atoms with Gasteiger partial charge in [0.2, 0.25) is 5.91 Å². The summed E-state index contributed by atoms with van der Waals surface area (Å²) in [5, 5.41) is 11.6. The van der Waals surface area contributed by atoms with Crippen molar-refractivity contribution in [3.05, 3.63) is 65.7 Å². The van der Waals surface area contributed by atoms with Gasteiger partial charge in [0.25, 0.3) is 0 Å². The highest BCUT2D eigenvalue weighted by Gasteiger charge is 2.31. The van der Waals surface area contributed by atoms with Crippen molar-refractivity contribution in [1.29, 1.82) is 0 Å². The summed E-state index contributed by atoms with van der Waals surface area (Å²) < 4.78 is 10.4. The predicted octanol–water partition coefficient (Wildman–Crippen LogP) is 4.30. The van der Waals surface area contributed by atoms with Gasteiger partial charge in [0.1, 0.15) is 17.6 Å². The van der Waals surface area contributed by atoms with E-state index in [0.717, 1.165) is 22.9 Å². The molecule has 10 heteroatoms. The molecule has 9 nitrogen and oxygen atoms in total. The largest absolute Gasteiger partial charge is 0.497 e. The molecule has 0 radical (unpaired) electrons. The number of benzene rings is 2. The summed E-state index contributed by atoms with van der Waals surface area (Å²) in [4.78, 5) is 42.3. The van der Waals surface area contributed by atoms with Crippen molar-refractivity contribution in [3.63, 3.8) is 0 Å². The minimum atomic E-state index is -1.10. The van der Waals surface area contributed by atoms with Gasteiger partial charge in [-0.1, -0.05) is 42.5 Å². The Morgan fingerprint density at radius 1 is 1.00 bits per heavy atom. The summed E-state index contributed by atoms with van der Waals surface area (Å²) in [6.07, 6.45) is -0.731. The van der Waals surface area contributed by atoms with Gasteiger partial charge in [-0.25, -0.2) is 10.3 Å². The van der Waals surface area contributed by atoms with Crippen LogP contribution in [0.3, 0.4) is 0 Å². The highest BCUT2D eigenvalue weighted by Crippen LogP contribution is 2.25. The Kier molecular flexibility index (Phi) is 11.6. The van der Waals surface area contributed by atoms with E-state index in [0.29, 0.717) is 11.5 Å². The SMILES string of the molecule is COc1ccc(CS[C@@H](C(=O)O)[C@@H](CCC(=O)NOC(C)(C)C)NC(=O)OCc2ccccc2)cc1. The second-order valence-corrected chi connectivity index (χ2v) is 10.1. The molecule has 2 atom stereocenters. The van der Waals surface area contributed by atoms with Gasteiger partial charge >= 0.3 is 12.1 Å². The number of alkyl carbamates (subject to hydrolysis) is 1. The minimum absolute atomic E-state index is 0.0377. The third-order valence-electron chi connectivity index (χ3n) is 4.87. The molecule has 0 unspecified atom stereocenters. The fraction of sp³-hybridized carbons (Fsp3) is 0.423. The van der Waals surface area contributed by atoms with Crippen molar-refractivity contribution in [2.24, 2.45) is 0 Å². The number of carbonyl (C=O) groups is 3. The quantitative estimate of drug-likeness (QED) is 0.335. The molecule has 0 aliphatic carbocycles. The fourth-order valence-corrected chi connectivity index (χ4v) is 4.17. The maximum atomic E-state index is 12.5. The Bertz CT molecular complexity index is 978. The van der Waals surface area contributed by atoms with Gasteiger partial charge in [-0.05, 0) is 50.5 Å². The van der Waals surface area contributed by atoms with Gasteiger partial charge in [-0.15, -0.1) is 11.8 Å². The van der Waals surface area contributed by atoms with Crippen LogP contribution in [0, 0.1) is 0 Å². The van der Waals surface area contributed by atoms with Crippen LogP contribution in [-0.2, 0) is 31.5 Å². The summed E-state index contributed by atoms with van der Waals surface area (Å²) in [5.41, 5.74) is 3.48. The van der Waals surface area contributed by atoms with Crippen LogP contribution in [-0.4, -0.2) is 47.1 Å². The van der Waals surface area contributed by atoms with Crippen LogP contribution in [0.5, 0.6) is 5.75 Å². The third kappa shape index (κ3) is 11.0. The van der Waals surface area contributed by atoms with Crippen LogP contribution in [0.4, 0.5) is 4.79 Å². The average Bonchev–Trinajstić information content (AvgIpc) is 2.85. The van der Waals surface area contributed by atoms with E-state index in [9.17, 15) is 19.5 Å². The lowest BCUT2D eigenvalue weighted by molar-refractivity contribution is -0.146. The number of amides is 2. The molecule has 0 saturated heterocycles. The molecule has 0 heterocycles. The molecule has 2 amide bonds. The Balaban J connectivity index is 2.06. The highest BCUT2D eigenvalue weighted by atomic mass is 32.2. The summed E-state index contributed by atoms with van der Waals surface area (Å²) in [5.74, 6) is -0.438. The Labute approximate surface area is 215 Å². The smallest absolute Gasteiger partial charge is 0.407 e. The minimum Gasteiger partial charge on any atom is -0.497 e. The van der Waals surface area contributed by atoms with E-state index in [1.54, 1.807) is 40.0 Å². The highest BCUT2D eigenvalue weighted by molar-refractivity contribution is 7.99. The lowest BCUT2D eigenvalue weighted by Crippen LogP contribution is -2.46. The molecule has 3 N–H and O–H groups in total. The Morgan fingerprint density at radius 3 is 2.25 bits per heavy atom. The van der Waals surface area contributed by atoms with Crippen molar-refractivity contribution in [2.75, 3.05) is 7.11 Å². The number of nitrogens with one attached hydrogen (secondary N) is 2. The molecule has 0 saturated carbocycles. The van der Waals surface area contributed by atoms with E-state index < -0.39 is 34.9 Å². The zero-order chi connectivity index (χ0) is 26.6. The number of aliphatic carboxylic acids is 1. The van der Waals surface area contributed by atoms with Crippen LogP contribution in [0.15, 0.2) is 54.6 Å². The van der Waals surface area contributed by atoms with E-state index >= 15 is 0 Å². The molecule has 0 spiro atoms. The first-order chi connectivity index (χ1) is 17.1. The van der Waals surface area contributed by atoms with Crippen LogP contribution >= 0.6 is 11.8 Å². The first kappa shape index (κ1) is 29.0. The second kappa shape index (κ2) is 14.4. The number of carboxylic acid groups (broad SMARTS) is 1. The van der Waals surface area contributed by atoms with Crippen LogP contribution in [0.25, 0.3) is 0 Å². The van der Waals surface area contributed by atoms with E-state index in [1.807, 2.05) is 42.5 Å². The van der Waals surface area contributed by atoms with Crippen molar-refractivity contribution < 1.29 is 33.8 Å². The number of hydrogen-bond acceptors (Lipinski definition) is 7. The van der Waals surface area contributed by atoms with Crippen molar-refractivity contribution in [3.8, 4) is 5.75 Å². The maximum absolute atomic E-state index is 12.5. The predicted molar refractivity (Wildman–Crippen MR) is 137 cm³/mol. The molecule has 2 aromatic carbocycles. The molecule has 0 fully saturated rings. The average molecular weight is 519 g/mol. The monoisotopic (exact) mass is 518 g/mol. The molecule has 0 aliphatic rings. The summed E-state index contributed by atoms with van der Waals surface area (Å²) in [7, 11) is 1.57. The van der Waals surface area contributed by atoms with Crippen molar-refractivity contribution in [1.82, 2.24) is 10.8 Å². The van der Waals surface area contributed by atoms with Gasteiger partial charge in [0, 0.05) is 12.2 Å². The second-order valence-electron chi connectivity index (χ2n) is 9.01. The van der Waals surface area contributed by atoms with E-state index in [4.69, 9.17) is 14.3 Å². The molecular weight excluding hydrogens is 484 g/mol. The molecule has 0 bridgehead atoms. The molecule has 2 aromatic rings. The summed E-state index contributed by atoms with van der Waals surface area (Å²) >= 11 is 1.16. The zero-order valence-electron chi connectivity index (χ0n) is 21.0. The third-order valence-corrected chi connectivity index (χ3v) is 6.26. The lowest BCUT2D eigenvalue weighted by Gasteiger charge is -2.25. The molecular formula is C26H34N2O7S. The first-order valence-electron chi connectivity index (χ1n) is 11.5. The standard InChI is InChI=1S/C26H34N2O7S/c1-26(2,3)35-28-22(29)15-14-21(27-25(32)34-16-18-8-6-5-7-9-18)23(24(30)31)36-17-19-10-12-20(33-4)13-11-19/h5-13,21,23H,14-17H2,1-4H3,(H,27,32)(H,28,29)(H,30,31)/t21-,23-/m1/s1. The van der Waals surface area contributed by atoms with E-state index in [1.165, 1.54) is 0 Å². The number of ether oxygens (including phenoxy) is 2. The Hall–Kier alpha value is -3.24. The molecule has 0 aromatic heterocycles.